The second-order valence-electron chi connectivity index (χ2n) is 2.21. The Hall–Kier alpha value is -1.65. The predicted octanol–water partition coefficient (Wildman–Crippen LogP) is 0.380. The molecule has 0 spiro atoms. The number of allylic oxidation sites excluding steroid dienone is 1. The van der Waals surface area contributed by atoms with Gasteiger partial charge in [-0.15, -0.1) is 0 Å². The molecule has 0 aromatic carbocycles. The van der Waals surface area contributed by atoms with Crippen LogP contribution in [0.5, 0.6) is 0 Å². The lowest BCUT2D eigenvalue weighted by atomic mass is 10.4. The molecule has 0 rings (SSSR count). The lowest BCUT2D eigenvalue weighted by Gasteiger charge is -1.93. The largest absolute Gasteiger partial charge is 0.477 e. The Morgan fingerprint density at radius 2 is 1.92 bits per heavy atom. The lowest BCUT2D eigenvalue weighted by molar-refractivity contribution is -0.129. The highest BCUT2D eigenvalue weighted by Gasteiger charge is 2.01. The van der Waals surface area contributed by atoms with Crippen LogP contribution in [-0.4, -0.2) is 22.7 Å². The van der Waals surface area contributed by atoms with Crippen LogP contribution in [0.3, 0.4) is 0 Å². The Bertz CT molecular complexity index is 266. The molecule has 66 valence electrons. The normalized spacial score (nSPS) is 12.8. The number of guanidine groups is 1. The fourth-order valence-electron chi connectivity index (χ4n) is 0.440. The number of carbonyl (C=O) groups is 1. The van der Waals surface area contributed by atoms with E-state index in [1.165, 1.54) is 6.92 Å². The Morgan fingerprint density at radius 3 is 2.25 bits per heavy atom. The van der Waals surface area contributed by atoms with Crippen LogP contribution in [0, 0.1) is 0 Å². The van der Waals surface area contributed by atoms with E-state index in [1.807, 2.05) is 0 Å². The van der Waals surface area contributed by atoms with Gasteiger partial charge >= 0.3 is 5.97 Å². The van der Waals surface area contributed by atoms with E-state index in [9.17, 15) is 4.79 Å². The first-order valence-electron chi connectivity index (χ1n) is 3.21. The molecular formula is C7H11N3O2. The third-order valence-corrected chi connectivity index (χ3v) is 0.897. The number of carboxylic acid groups (broad SMARTS) is 1. The smallest absolute Gasteiger partial charge is 0.350 e. The molecule has 0 unspecified atom stereocenters. The number of hydrogen-bond acceptors (Lipinski definition) is 2. The average molecular weight is 169 g/mol. The van der Waals surface area contributed by atoms with E-state index in [0.717, 1.165) is 0 Å². The van der Waals surface area contributed by atoms with E-state index in [2.05, 4.69) is 16.6 Å². The zero-order valence-electron chi connectivity index (χ0n) is 7.03. The Labute approximate surface area is 70.3 Å². The minimum atomic E-state index is -1.12. The molecule has 0 saturated heterocycles. The first-order valence-corrected chi connectivity index (χ1v) is 3.21. The molecule has 5 heteroatoms. The average Bonchev–Trinajstić information content (AvgIpc) is 1.84. The summed E-state index contributed by atoms with van der Waals surface area (Å²) < 4.78 is 0. The molecule has 0 amide bonds. The van der Waals surface area contributed by atoms with Gasteiger partial charge in [-0.25, -0.2) is 14.8 Å². The van der Waals surface area contributed by atoms with Crippen molar-refractivity contribution in [1.29, 1.82) is 0 Å². The highest BCUT2D eigenvalue weighted by molar-refractivity contribution is 6.36. The first-order chi connectivity index (χ1) is 5.43. The molecule has 0 aliphatic rings. The number of rotatable bonds is 2. The highest BCUT2D eigenvalue weighted by Crippen LogP contribution is 1.89. The molecule has 0 atom stereocenters. The van der Waals surface area contributed by atoms with Crippen LogP contribution < -0.4 is 5.73 Å². The van der Waals surface area contributed by atoms with Crippen molar-refractivity contribution in [2.75, 3.05) is 0 Å². The summed E-state index contributed by atoms with van der Waals surface area (Å²) >= 11 is 0. The Kier molecular flexibility index (Phi) is 3.69. The highest BCUT2D eigenvalue weighted by atomic mass is 16.4. The summed E-state index contributed by atoms with van der Waals surface area (Å²) in [5.41, 5.74) is 5.63. The van der Waals surface area contributed by atoms with E-state index in [1.54, 1.807) is 6.92 Å². The summed E-state index contributed by atoms with van der Waals surface area (Å²) in [5, 5.41) is 8.40. The van der Waals surface area contributed by atoms with Gasteiger partial charge in [0.25, 0.3) is 0 Å². The van der Waals surface area contributed by atoms with Crippen molar-refractivity contribution in [3.8, 4) is 0 Å². The maximum Gasteiger partial charge on any atom is 0.350 e. The van der Waals surface area contributed by atoms with Crippen molar-refractivity contribution >= 4 is 17.6 Å². The maximum absolute atomic E-state index is 10.3. The van der Waals surface area contributed by atoms with Crippen LogP contribution in [0.2, 0.25) is 0 Å². The van der Waals surface area contributed by atoms with E-state index in [0.29, 0.717) is 5.70 Å². The fraction of sp³-hybridized carbons (Fsp3) is 0.286. The Balaban J connectivity index is 4.54. The number of nitrogens with two attached hydrogens (primary N) is 1. The van der Waals surface area contributed by atoms with Gasteiger partial charge in [-0.05, 0) is 13.8 Å². The molecule has 0 heterocycles. The zero-order valence-corrected chi connectivity index (χ0v) is 7.03. The first kappa shape index (κ1) is 10.3. The van der Waals surface area contributed by atoms with Crippen molar-refractivity contribution < 1.29 is 9.90 Å². The Morgan fingerprint density at radius 1 is 1.42 bits per heavy atom. The third kappa shape index (κ3) is 4.21. The van der Waals surface area contributed by atoms with Gasteiger partial charge in [-0.3, -0.25) is 0 Å². The summed E-state index contributed by atoms with van der Waals surface area (Å²) in [7, 11) is 0. The third-order valence-electron chi connectivity index (χ3n) is 0.897. The lowest BCUT2D eigenvalue weighted by Crippen LogP contribution is -2.16. The monoisotopic (exact) mass is 169 g/mol. The van der Waals surface area contributed by atoms with E-state index >= 15 is 0 Å². The number of aliphatic carboxylic acids is 1. The second kappa shape index (κ2) is 4.27. The topological polar surface area (TPSA) is 88.0 Å². The van der Waals surface area contributed by atoms with Crippen molar-refractivity contribution in [2.24, 2.45) is 15.7 Å². The van der Waals surface area contributed by atoms with Crippen LogP contribution >= 0.6 is 0 Å². The predicted molar refractivity (Wildman–Crippen MR) is 47.2 cm³/mol. The molecule has 0 aromatic heterocycles. The quantitative estimate of drug-likeness (QED) is 0.462. The SMILES string of the molecule is C=C(C)N=C(N)N=C(C)C(=O)O. The molecule has 0 bridgehead atoms. The molecule has 5 nitrogen and oxygen atoms in total. The molecular weight excluding hydrogens is 158 g/mol. The van der Waals surface area contributed by atoms with Crippen molar-refractivity contribution in [1.82, 2.24) is 0 Å². The number of hydrogen-bond donors (Lipinski definition) is 2. The summed E-state index contributed by atoms with van der Waals surface area (Å²) in [6.45, 7) is 6.44. The molecule has 0 aliphatic heterocycles. The molecule has 0 radical (unpaired) electrons. The fourth-order valence-corrected chi connectivity index (χ4v) is 0.440. The van der Waals surface area contributed by atoms with Crippen molar-refractivity contribution in [3.05, 3.63) is 12.3 Å². The minimum absolute atomic E-state index is 0.0950. The van der Waals surface area contributed by atoms with E-state index in [4.69, 9.17) is 10.8 Å². The van der Waals surface area contributed by atoms with Gasteiger partial charge in [-0.1, -0.05) is 6.58 Å². The number of aliphatic imine (C=N–C) groups is 2. The van der Waals surface area contributed by atoms with Crippen molar-refractivity contribution in [3.63, 3.8) is 0 Å². The van der Waals surface area contributed by atoms with Crippen LogP contribution in [0.15, 0.2) is 22.3 Å². The number of carboxylic acids is 1. The van der Waals surface area contributed by atoms with Gasteiger partial charge in [-0.2, -0.15) is 0 Å². The van der Waals surface area contributed by atoms with Crippen molar-refractivity contribution in [2.45, 2.75) is 13.8 Å². The molecule has 3 N–H and O–H groups in total. The second-order valence-corrected chi connectivity index (χ2v) is 2.21. The maximum atomic E-state index is 10.3. The summed E-state index contributed by atoms with van der Waals surface area (Å²) in [6.07, 6.45) is 0. The summed E-state index contributed by atoms with van der Waals surface area (Å²) in [6, 6.07) is 0. The van der Waals surface area contributed by atoms with E-state index < -0.39 is 5.97 Å². The van der Waals surface area contributed by atoms with Gasteiger partial charge in [0.1, 0.15) is 5.71 Å². The van der Waals surface area contributed by atoms with Crippen LogP contribution in [0.25, 0.3) is 0 Å². The zero-order chi connectivity index (χ0) is 9.72. The summed E-state index contributed by atoms with van der Waals surface area (Å²) in [5.74, 6) is -1.21. The minimum Gasteiger partial charge on any atom is -0.477 e. The van der Waals surface area contributed by atoms with Gasteiger partial charge in [0.05, 0.1) is 0 Å². The van der Waals surface area contributed by atoms with Gasteiger partial charge in [0.15, 0.2) is 0 Å². The molecule has 0 aliphatic carbocycles. The van der Waals surface area contributed by atoms with E-state index in [-0.39, 0.29) is 11.7 Å². The van der Waals surface area contributed by atoms with Crippen LogP contribution in [0.4, 0.5) is 0 Å². The standard InChI is InChI=1S/C7H11N3O2/c1-4(2)9-7(8)10-5(3)6(11)12/h1H2,2-3H3,(H2,8,9)(H,11,12). The van der Waals surface area contributed by atoms with Gasteiger partial charge < -0.3 is 10.8 Å². The molecule has 0 saturated carbocycles. The molecule has 0 aromatic rings. The summed E-state index contributed by atoms with van der Waals surface area (Å²) in [4.78, 5) is 17.4. The molecule has 0 fully saturated rings. The van der Waals surface area contributed by atoms with Crippen LogP contribution in [0.1, 0.15) is 13.8 Å². The van der Waals surface area contributed by atoms with Crippen LogP contribution in [-0.2, 0) is 4.79 Å². The van der Waals surface area contributed by atoms with Gasteiger partial charge in [0.2, 0.25) is 5.96 Å². The van der Waals surface area contributed by atoms with Gasteiger partial charge in [0, 0.05) is 5.70 Å². The molecule has 12 heavy (non-hydrogen) atoms. The number of nitrogens with zero attached hydrogens (tertiary/aromatic N) is 2.